The van der Waals surface area contributed by atoms with E-state index in [1.165, 1.54) is 20.2 Å². The SMILES string of the molecule is c1ccc(-c2oc(-c3cccc4sc5ccccc5c34)c3ccccc23)cc1. The summed E-state index contributed by atoms with van der Waals surface area (Å²) in [5.74, 6) is 1.88. The van der Waals surface area contributed by atoms with Crippen LogP contribution in [0, 0.1) is 0 Å². The molecule has 2 heterocycles. The zero-order valence-electron chi connectivity index (χ0n) is 15.1. The molecule has 0 aliphatic rings. The fourth-order valence-electron chi connectivity index (χ4n) is 4.06. The van der Waals surface area contributed by atoms with E-state index in [4.69, 9.17) is 4.42 Å². The van der Waals surface area contributed by atoms with Gasteiger partial charge < -0.3 is 4.42 Å². The minimum absolute atomic E-state index is 0.933. The molecular weight excluding hydrogens is 360 g/mol. The van der Waals surface area contributed by atoms with E-state index in [-0.39, 0.29) is 0 Å². The van der Waals surface area contributed by atoms with Crippen LogP contribution in [0.1, 0.15) is 0 Å². The van der Waals surface area contributed by atoms with Crippen molar-refractivity contribution in [2.45, 2.75) is 0 Å². The molecule has 1 nitrogen and oxygen atoms in total. The average Bonchev–Trinajstić information content (AvgIpc) is 3.33. The van der Waals surface area contributed by atoms with Gasteiger partial charge in [-0.15, -0.1) is 11.3 Å². The van der Waals surface area contributed by atoms with E-state index >= 15 is 0 Å². The van der Waals surface area contributed by atoms with E-state index in [2.05, 4.69) is 91.0 Å². The van der Waals surface area contributed by atoms with Gasteiger partial charge in [0.1, 0.15) is 11.5 Å². The van der Waals surface area contributed by atoms with Gasteiger partial charge in [-0.3, -0.25) is 0 Å². The van der Waals surface area contributed by atoms with Crippen LogP contribution >= 0.6 is 11.3 Å². The Balaban J connectivity index is 1.73. The third-order valence-corrected chi connectivity index (χ3v) is 6.44. The highest BCUT2D eigenvalue weighted by Gasteiger charge is 2.19. The molecule has 6 aromatic rings. The minimum atomic E-state index is 0.933. The van der Waals surface area contributed by atoms with Gasteiger partial charge in [0.15, 0.2) is 0 Å². The Hall–Kier alpha value is -3.36. The molecule has 4 aromatic carbocycles. The molecule has 132 valence electrons. The van der Waals surface area contributed by atoms with E-state index in [9.17, 15) is 0 Å². The van der Waals surface area contributed by atoms with Gasteiger partial charge in [0.25, 0.3) is 0 Å². The van der Waals surface area contributed by atoms with Crippen molar-refractivity contribution >= 4 is 42.3 Å². The molecule has 0 radical (unpaired) electrons. The summed E-state index contributed by atoms with van der Waals surface area (Å²) in [6.45, 7) is 0. The van der Waals surface area contributed by atoms with Crippen LogP contribution in [0.25, 0.3) is 53.6 Å². The summed E-state index contributed by atoms with van der Waals surface area (Å²) in [5, 5.41) is 4.88. The Morgan fingerprint density at radius 2 is 1.14 bits per heavy atom. The van der Waals surface area contributed by atoms with Crippen LogP contribution in [-0.4, -0.2) is 0 Å². The standard InChI is InChI=1S/C26H16OS/c1-2-9-17(10-3-1)25-18-11-4-5-12-19(18)26(27-25)21-14-8-16-23-24(21)20-13-6-7-15-22(20)28-23/h1-16H. The van der Waals surface area contributed by atoms with E-state index in [0.717, 1.165) is 33.4 Å². The largest absolute Gasteiger partial charge is 0.455 e. The smallest absolute Gasteiger partial charge is 0.143 e. The first-order valence-electron chi connectivity index (χ1n) is 9.38. The summed E-state index contributed by atoms with van der Waals surface area (Å²) in [6.07, 6.45) is 0. The fourth-order valence-corrected chi connectivity index (χ4v) is 5.19. The van der Waals surface area contributed by atoms with Crippen LogP contribution in [0.5, 0.6) is 0 Å². The summed E-state index contributed by atoms with van der Waals surface area (Å²) in [6, 6.07) is 34.0. The van der Waals surface area contributed by atoms with Gasteiger partial charge in [-0.25, -0.2) is 0 Å². The Labute approximate surface area is 166 Å². The second-order valence-corrected chi connectivity index (χ2v) is 8.03. The van der Waals surface area contributed by atoms with Crippen molar-refractivity contribution in [1.82, 2.24) is 0 Å². The second-order valence-electron chi connectivity index (χ2n) is 6.95. The summed E-state index contributed by atoms with van der Waals surface area (Å²) >= 11 is 1.84. The minimum Gasteiger partial charge on any atom is -0.455 e. The predicted molar refractivity (Wildman–Crippen MR) is 120 cm³/mol. The monoisotopic (exact) mass is 376 g/mol. The molecule has 28 heavy (non-hydrogen) atoms. The van der Waals surface area contributed by atoms with Crippen molar-refractivity contribution in [2.75, 3.05) is 0 Å². The second kappa shape index (κ2) is 6.08. The topological polar surface area (TPSA) is 13.1 Å². The van der Waals surface area contributed by atoms with Crippen molar-refractivity contribution in [3.63, 3.8) is 0 Å². The number of furan rings is 1. The molecule has 0 bridgehead atoms. The Morgan fingerprint density at radius 1 is 0.500 bits per heavy atom. The molecular formula is C26H16OS. The van der Waals surface area contributed by atoms with Gasteiger partial charge in [0.05, 0.1) is 0 Å². The van der Waals surface area contributed by atoms with Crippen molar-refractivity contribution in [3.8, 4) is 22.6 Å². The van der Waals surface area contributed by atoms with E-state index < -0.39 is 0 Å². The van der Waals surface area contributed by atoms with Crippen molar-refractivity contribution in [3.05, 3.63) is 97.1 Å². The first-order chi connectivity index (χ1) is 13.9. The Bertz CT molecular complexity index is 1450. The maximum absolute atomic E-state index is 6.57. The summed E-state index contributed by atoms with van der Waals surface area (Å²) in [4.78, 5) is 0. The molecule has 2 aromatic heterocycles. The predicted octanol–water partition coefficient (Wildman–Crippen LogP) is 8.13. The number of hydrogen-bond acceptors (Lipinski definition) is 2. The van der Waals surface area contributed by atoms with Crippen molar-refractivity contribution in [2.24, 2.45) is 0 Å². The quantitative estimate of drug-likeness (QED) is 0.297. The number of rotatable bonds is 2. The maximum atomic E-state index is 6.57. The van der Waals surface area contributed by atoms with Crippen LogP contribution in [0.15, 0.2) is 101 Å². The Kier molecular flexibility index (Phi) is 3.40. The third-order valence-electron chi connectivity index (χ3n) is 5.30. The number of fused-ring (bicyclic) bond motifs is 4. The van der Waals surface area contributed by atoms with Crippen molar-refractivity contribution in [1.29, 1.82) is 0 Å². The van der Waals surface area contributed by atoms with Crippen LogP contribution in [0.4, 0.5) is 0 Å². The summed E-state index contributed by atoms with van der Waals surface area (Å²) in [5.41, 5.74) is 2.26. The zero-order valence-corrected chi connectivity index (χ0v) is 15.9. The van der Waals surface area contributed by atoms with Gasteiger partial charge in [-0.1, -0.05) is 84.9 Å². The van der Waals surface area contributed by atoms with E-state index in [1.54, 1.807) is 0 Å². The fraction of sp³-hybridized carbons (Fsp3) is 0. The van der Waals surface area contributed by atoms with E-state index in [1.807, 2.05) is 17.4 Å². The highest BCUT2D eigenvalue weighted by molar-refractivity contribution is 7.25. The van der Waals surface area contributed by atoms with Gasteiger partial charge in [0.2, 0.25) is 0 Å². The summed E-state index contributed by atoms with van der Waals surface area (Å²) in [7, 11) is 0. The molecule has 6 rings (SSSR count). The molecule has 0 fully saturated rings. The average molecular weight is 376 g/mol. The number of thiophene rings is 1. The highest BCUT2D eigenvalue weighted by Crippen LogP contribution is 2.44. The van der Waals surface area contributed by atoms with Gasteiger partial charge in [-0.2, -0.15) is 0 Å². The molecule has 2 heteroatoms. The lowest BCUT2D eigenvalue weighted by Crippen LogP contribution is -1.77. The van der Waals surface area contributed by atoms with Crippen LogP contribution in [-0.2, 0) is 0 Å². The normalized spacial score (nSPS) is 11.6. The highest BCUT2D eigenvalue weighted by atomic mass is 32.1. The van der Waals surface area contributed by atoms with Crippen LogP contribution in [0.2, 0.25) is 0 Å². The lowest BCUT2D eigenvalue weighted by Gasteiger charge is -2.02. The van der Waals surface area contributed by atoms with E-state index in [0.29, 0.717) is 0 Å². The molecule has 0 unspecified atom stereocenters. The molecule has 0 aliphatic heterocycles. The number of benzene rings is 4. The van der Waals surface area contributed by atoms with Crippen LogP contribution in [0.3, 0.4) is 0 Å². The molecule has 0 spiro atoms. The first-order valence-corrected chi connectivity index (χ1v) is 10.2. The van der Waals surface area contributed by atoms with Crippen molar-refractivity contribution < 1.29 is 4.42 Å². The lowest BCUT2D eigenvalue weighted by molar-refractivity contribution is 0.602. The molecule has 0 atom stereocenters. The summed E-state index contributed by atoms with van der Waals surface area (Å²) < 4.78 is 9.17. The molecule has 0 aliphatic carbocycles. The Morgan fingerprint density at radius 3 is 1.96 bits per heavy atom. The van der Waals surface area contributed by atoms with Gasteiger partial charge in [-0.05, 0) is 12.1 Å². The zero-order chi connectivity index (χ0) is 18.5. The van der Waals surface area contributed by atoms with Gasteiger partial charge in [0, 0.05) is 42.1 Å². The lowest BCUT2D eigenvalue weighted by atomic mass is 10.0. The molecule has 0 amide bonds. The third kappa shape index (κ3) is 2.25. The van der Waals surface area contributed by atoms with Gasteiger partial charge >= 0.3 is 0 Å². The molecule has 0 saturated carbocycles. The molecule has 0 N–H and O–H groups in total. The maximum Gasteiger partial charge on any atom is 0.143 e. The van der Waals surface area contributed by atoms with Crippen LogP contribution < -0.4 is 0 Å². The number of hydrogen-bond donors (Lipinski definition) is 0. The molecule has 0 saturated heterocycles. The first kappa shape index (κ1) is 15.7.